The number of ether oxygens (including phenoxy) is 1. The lowest BCUT2D eigenvalue weighted by Gasteiger charge is -2.35. The van der Waals surface area contributed by atoms with Gasteiger partial charge in [-0.2, -0.15) is 0 Å². The summed E-state index contributed by atoms with van der Waals surface area (Å²) in [6, 6.07) is 8.85. The second-order valence-electron chi connectivity index (χ2n) is 6.21. The van der Waals surface area contributed by atoms with Gasteiger partial charge in [-0.25, -0.2) is 0 Å². The molecule has 2 heterocycles. The second kappa shape index (κ2) is 7.61. The Morgan fingerprint density at radius 1 is 1.29 bits per heavy atom. The molecule has 0 amide bonds. The summed E-state index contributed by atoms with van der Waals surface area (Å²) in [6.45, 7) is 5.49. The van der Waals surface area contributed by atoms with E-state index in [1.54, 1.807) is 0 Å². The van der Waals surface area contributed by atoms with Gasteiger partial charge in [0.15, 0.2) is 0 Å². The molecule has 3 rings (SSSR count). The Labute approximate surface area is 136 Å². The van der Waals surface area contributed by atoms with E-state index in [0.29, 0.717) is 0 Å². The highest BCUT2D eigenvalue weighted by atomic mass is 79.9. The van der Waals surface area contributed by atoms with Crippen LogP contribution in [0.5, 0.6) is 5.75 Å². The zero-order chi connectivity index (χ0) is 14.5. The molecule has 1 aromatic carbocycles. The highest BCUT2D eigenvalue weighted by Crippen LogP contribution is 2.24. The van der Waals surface area contributed by atoms with Gasteiger partial charge in [0.1, 0.15) is 12.4 Å². The fourth-order valence-electron chi connectivity index (χ4n) is 3.59. The Bertz CT molecular complexity index is 448. The van der Waals surface area contributed by atoms with Crippen LogP contribution in [0.15, 0.2) is 28.7 Å². The van der Waals surface area contributed by atoms with Crippen LogP contribution in [0.1, 0.15) is 25.7 Å². The first-order chi connectivity index (χ1) is 10.3. The largest absolute Gasteiger partial charge is 0.492 e. The molecule has 2 saturated heterocycles. The van der Waals surface area contributed by atoms with Crippen LogP contribution in [0.3, 0.4) is 0 Å². The van der Waals surface area contributed by atoms with E-state index in [-0.39, 0.29) is 0 Å². The maximum absolute atomic E-state index is 5.86. The van der Waals surface area contributed by atoms with Crippen LogP contribution in [0.25, 0.3) is 0 Å². The third-order valence-corrected chi connectivity index (χ3v) is 5.18. The van der Waals surface area contributed by atoms with Crippen molar-refractivity contribution >= 4 is 15.9 Å². The van der Waals surface area contributed by atoms with Gasteiger partial charge in [-0.15, -0.1) is 0 Å². The zero-order valence-electron chi connectivity index (χ0n) is 12.6. The molecule has 4 heteroatoms. The van der Waals surface area contributed by atoms with Crippen LogP contribution in [0.4, 0.5) is 0 Å². The average molecular weight is 353 g/mol. The number of hydrogen-bond donors (Lipinski definition) is 1. The molecular weight excluding hydrogens is 328 g/mol. The first-order valence-corrected chi connectivity index (χ1v) is 8.95. The summed E-state index contributed by atoms with van der Waals surface area (Å²) in [7, 11) is 0. The summed E-state index contributed by atoms with van der Waals surface area (Å²) in [6.07, 6.45) is 5.45. The molecule has 0 spiro atoms. The van der Waals surface area contributed by atoms with E-state index in [1.807, 2.05) is 24.3 Å². The minimum atomic E-state index is 0.763. The fraction of sp³-hybridized carbons (Fsp3) is 0.647. The summed E-state index contributed by atoms with van der Waals surface area (Å²) in [4.78, 5) is 2.58. The zero-order valence-corrected chi connectivity index (χ0v) is 14.1. The van der Waals surface area contributed by atoms with E-state index in [0.717, 1.165) is 35.3 Å². The van der Waals surface area contributed by atoms with Gasteiger partial charge in [-0.05, 0) is 62.9 Å². The molecule has 21 heavy (non-hydrogen) atoms. The van der Waals surface area contributed by atoms with E-state index in [4.69, 9.17) is 4.74 Å². The molecule has 0 aliphatic carbocycles. The van der Waals surface area contributed by atoms with Gasteiger partial charge >= 0.3 is 0 Å². The Morgan fingerprint density at radius 2 is 2.24 bits per heavy atom. The Hall–Kier alpha value is -0.580. The van der Waals surface area contributed by atoms with Crippen molar-refractivity contribution in [1.29, 1.82) is 0 Å². The average Bonchev–Trinajstić information content (AvgIpc) is 3.02. The molecule has 0 radical (unpaired) electrons. The van der Waals surface area contributed by atoms with Gasteiger partial charge in [0.05, 0.1) is 0 Å². The van der Waals surface area contributed by atoms with Crippen molar-refractivity contribution in [2.24, 2.45) is 5.92 Å². The lowest BCUT2D eigenvalue weighted by atomic mass is 9.90. The number of piperidine rings is 1. The summed E-state index contributed by atoms with van der Waals surface area (Å²) in [5.41, 5.74) is 0. The third-order valence-electron chi connectivity index (χ3n) is 4.68. The number of nitrogens with one attached hydrogen (secondary N) is 1. The van der Waals surface area contributed by atoms with Crippen molar-refractivity contribution < 1.29 is 4.74 Å². The lowest BCUT2D eigenvalue weighted by Crippen LogP contribution is -2.44. The van der Waals surface area contributed by atoms with Crippen LogP contribution in [0.2, 0.25) is 0 Å². The topological polar surface area (TPSA) is 24.5 Å². The third kappa shape index (κ3) is 4.44. The highest BCUT2D eigenvalue weighted by Gasteiger charge is 2.28. The number of halogens is 1. The predicted octanol–water partition coefficient (Wildman–Crippen LogP) is 3.29. The summed E-state index contributed by atoms with van der Waals surface area (Å²) >= 11 is 3.48. The van der Waals surface area contributed by atoms with Gasteiger partial charge in [-0.1, -0.05) is 22.0 Å². The van der Waals surface area contributed by atoms with Crippen LogP contribution in [-0.2, 0) is 0 Å². The molecule has 2 aliphatic rings. The van der Waals surface area contributed by atoms with E-state index < -0.39 is 0 Å². The van der Waals surface area contributed by atoms with Crippen molar-refractivity contribution in [2.75, 3.05) is 32.8 Å². The molecule has 2 aliphatic heterocycles. The summed E-state index contributed by atoms with van der Waals surface area (Å²) in [5.74, 6) is 1.79. The van der Waals surface area contributed by atoms with Gasteiger partial charge < -0.3 is 10.1 Å². The van der Waals surface area contributed by atoms with Crippen LogP contribution < -0.4 is 10.1 Å². The molecule has 3 nitrogen and oxygen atoms in total. The molecule has 2 unspecified atom stereocenters. The van der Waals surface area contributed by atoms with E-state index >= 15 is 0 Å². The molecule has 0 aromatic heterocycles. The molecule has 2 fully saturated rings. The standard InChI is InChI=1S/C17H25BrN2O/c18-15-5-1-6-16(12-15)21-11-10-20-9-3-4-14(13-20)17-7-2-8-19-17/h1,5-6,12,14,17,19H,2-4,7-11,13H2. The SMILES string of the molecule is Brc1cccc(OCCN2CCCC(C3CCCN3)C2)c1. The van der Waals surface area contributed by atoms with Crippen molar-refractivity contribution in [3.05, 3.63) is 28.7 Å². The van der Waals surface area contributed by atoms with Crippen LogP contribution >= 0.6 is 15.9 Å². The first kappa shape index (κ1) is 15.3. The Balaban J connectivity index is 1.42. The van der Waals surface area contributed by atoms with Crippen molar-refractivity contribution in [1.82, 2.24) is 10.2 Å². The molecule has 0 saturated carbocycles. The number of hydrogen-bond acceptors (Lipinski definition) is 3. The summed E-state index contributed by atoms with van der Waals surface area (Å²) < 4.78 is 6.94. The van der Waals surface area contributed by atoms with Gasteiger partial charge in [0.25, 0.3) is 0 Å². The van der Waals surface area contributed by atoms with Gasteiger partial charge in [0, 0.05) is 23.6 Å². The van der Waals surface area contributed by atoms with E-state index in [1.165, 1.54) is 45.3 Å². The maximum Gasteiger partial charge on any atom is 0.120 e. The molecule has 116 valence electrons. The molecule has 1 N–H and O–H groups in total. The van der Waals surface area contributed by atoms with Crippen molar-refractivity contribution in [3.8, 4) is 5.75 Å². The second-order valence-corrected chi connectivity index (χ2v) is 7.13. The van der Waals surface area contributed by atoms with Crippen LogP contribution in [0, 0.1) is 5.92 Å². The minimum Gasteiger partial charge on any atom is -0.492 e. The maximum atomic E-state index is 5.86. The van der Waals surface area contributed by atoms with Crippen molar-refractivity contribution in [3.63, 3.8) is 0 Å². The fourth-order valence-corrected chi connectivity index (χ4v) is 3.96. The molecule has 0 bridgehead atoms. The molecule has 1 aromatic rings. The Morgan fingerprint density at radius 3 is 3.05 bits per heavy atom. The van der Waals surface area contributed by atoms with Crippen molar-refractivity contribution in [2.45, 2.75) is 31.7 Å². The van der Waals surface area contributed by atoms with Crippen LogP contribution in [-0.4, -0.2) is 43.7 Å². The first-order valence-electron chi connectivity index (χ1n) is 8.15. The number of likely N-dealkylation sites (tertiary alicyclic amines) is 1. The number of nitrogens with zero attached hydrogens (tertiary/aromatic N) is 1. The number of benzene rings is 1. The molecule has 2 atom stereocenters. The van der Waals surface area contributed by atoms with Gasteiger partial charge in [0.2, 0.25) is 0 Å². The van der Waals surface area contributed by atoms with E-state index in [2.05, 4.69) is 26.1 Å². The monoisotopic (exact) mass is 352 g/mol. The van der Waals surface area contributed by atoms with E-state index in [9.17, 15) is 0 Å². The summed E-state index contributed by atoms with van der Waals surface area (Å²) in [5, 5.41) is 3.67. The Kier molecular flexibility index (Phi) is 5.55. The number of rotatable bonds is 5. The predicted molar refractivity (Wildman–Crippen MR) is 89.8 cm³/mol. The van der Waals surface area contributed by atoms with Gasteiger partial charge in [-0.3, -0.25) is 4.90 Å². The normalized spacial score (nSPS) is 26.9. The smallest absolute Gasteiger partial charge is 0.120 e. The lowest BCUT2D eigenvalue weighted by molar-refractivity contribution is 0.130. The molecular formula is C17H25BrN2O. The minimum absolute atomic E-state index is 0.763. The quantitative estimate of drug-likeness (QED) is 0.879. The highest BCUT2D eigenvalue weighted by molar-refractivity contribution is 9.10.